The number of alkyl halides is 1. The van der Waals surface area contributed by atoms with E-state index in [1.165, 1.54) is 7.11 Å². The lowest BCUT2D eigenvalue weighted by Gasteiger charge is -2.37. The molecular weight excluding hydrogens is 288 g/mol. The van der Waals surface area contributed by atoms with Gasteiger partial charge in [0.1, 0.15) is 5.41 Å². The van der Waals surface area contributed by atoms with Crippen molar-refractivity contribution in [3.8, 4) is 0 Å². The number of fused-ring (bicyclic) bond motifs is 2. The number of methoxy groups -OCH3 is 1. The van der Waals surface area contributed by atoms with Crippen LogP contribution in [0, 0.1) is 16.2 Å². The largest absolute Gasteiger partial charge is 0.468 e. The fraction of sp³-hybridized carbons (Fsp3) is 0.750. The Hall–Kier alpha value is -0.710. The van der Waals surface area contributed by atoms with E-state index in [4.69, 9.17) is 4.74 Å². The van der Waals surface area contributed by atoms with Crippen molar-refractivity contribution in [3.63, 3.8) is 0 Å². The van der Waals surface area contributed by atoms with Gasteiger partial charge in [-0.2, -0.15) is 0 Å². The number of Topliss-reactive ketones (excluding diaryl/α,β-unsaturated/α-hetero) is 2. The lowest BCUT2D eigenvalue weighted by molar-refractivity contribution is -0.163. The molecule has 2 bridgehead atoms. The van der Waals surface area contributed by atoms with Gasteiger partial charge in [0.05, 0.1) is 12.5 Å². The Kier molecular flexibility index (Phi) is 2.55. The van der Waals surface area contributed by atoms with Gasteiger partial charge in [-0.15, -0.1) is 0 Å². The number of esters is 1. The van der Waals surface area contributed by atoms with Crippen LogP contribution in [0.1, 0.15) is 26.7 Å². The van der Waals surface area contributed by atoms with Crippen LogP contribution in [0.5, 0.6) is 0 Å². The molecule has 2 saturated carbocycles. The zero-order chi connectivity index (χ0) is 13.1. The highest BCUT2D eigenvalue weighted by atomic mass is 79.9. The number of ether oxygens (including phenoxy) is 1. The average molecular weight is 303 g/mol. The molecule has 0 heterocycles. The van der Waals surface area contributed by atoms with E-state index in [9.17, 15) is 14.4 Å². The first-order chi connectivity index (χ1) is 7.81. The molecule has 2 aliphatic rings. The molecular formula is C12H15BrO4. The van der Waals surface area contributed by atoms with E-state index in [1.807, 2.05) is 13.8 Å². The molecule has 5 heteroatoms. The number of hydrogen-bond acceptors (Lipinski definition) is 4. The third kappa shape index (κ3) is 1.03. The predicted octanol–water partition coefficient (Wildman–Crippen LogP) is 1.50. The Bertz CT molecular complexity index is 428. The van der Waals surface area contributed by atoms with Crippen LogP contribution in [0.25, 0.3) is 0 Å². The fourth-order valence-electron chi connectivity index (χ4n) is 3.56. The molecule has 0 N–H and O–H groups in total. The molecule has 0 saturated heterocycles. The summed E-state index contributed by atoms with van der Waals surface area (Å²) < 4.78 is 4.77. The van der Waals surface area contributed by atoms with Gasteiger partial charge in [0, 0.05) is 10.7 Å². The van der Waals surface area contributed by atoms with Gasteiger partial charge in [-0.3, -0.25) is 14.4 Å². The third-order valence-corrected chi connectivity index (χ3v) is 5.94. The van der Waals surface area contributed by atoms with Crippen molar-refractivity contribution in [3.05, 3.63) is 0 Å². The van der Waals surface area contributed by atoms with Crippen molar-refractivity contribution in [1.82, 2.24) is 0 Å². The maximum Gasteiger partial charge on any atom is 0.320 e. The summed E-state index contributed by atoms with van der Waals surface area (Å²) in [6.45, 7) is 3.64. The second-order valence-corrected chi connectivity index (χ2v) is 5.96. The van der Waals surface area contributed by atoms with Gasteiger partial charge in [0.2, 0.25) is 11.6 Å². The van der Waals surface area contributed by atoms with Crippen LogP contribution >= 0.6 is 15.9 Å². The molecule has 0 spiro atoms. The van der Waals surface area contributed by atoms with Crippen LogP contribution in [-0.4, -0.2) is 30.0 Å². The molecule has 17 heavy (non-hydrogen) atoms. The number of carbonyl (C=O) groups excluding carboxylic acids is 3. The summed E-state index contributed by atoms with van der Waals surface area (Å²) in [6, 6.07) is 0. The topological polar surface area (TPSA) is 60.4 Å². The quantitative estimate of drug-likeness (QED) is 0.336. The predicted molar refractivity (Wildman–Crippen MR) is 63.7 cm³/mol. The van der Waals surface area contributed by atoms with Gasteiger partial charge in [-0.1, -0.05) is 29.8 Å². The van der Waals surface area contributed by atoms with E-state index in [0.717, 1.165) is 0 Å². The van der Waals surface area contributed by atoms with Gasteiger partial charge in [-0.25, -0.2) is 0 Å². The smallest absolute Gasteiger partial charge is 0.320 e. The molecule has 2 rings (SSSR count). The minimum absolute atomic E-state index is 0.406. The normalized spacial score (nSPS) is 38.6. The first kappa shape index (κ1) is 12.7. The molecule has 4 nitrogen and oxygen atoms in total. The van der Waals surface area contributed by atoms with Crippen LogP contribution < -0.4 is 0 Å². The summed E-state index contributed by atoms with van der Waals surface area (Å²) in [6.07, 6.45) is 0.966. The van der Waals surface area contributed by atoms with Gasteiger partial charge in [0.15, 0.2) is 0 Å². The maximum atomic E-state index is 12.2. The first-order valence-electron chi connectivity index (χ1n) is 5.55. The molecule has 0 radical (unpaired) electrons. The third-order valence-electron chi connectivity index (χ3n) is 4.98. The number of hydrogen-bond donors (Lipinski definition) is 0. The molecule has 0 aromatic carbocycles. The summed E-state index contributed by atoms with van der Waals surface area (Å²) in [7, 11) is 1.26. The van der Waals surface area contributed by atoms with Gasteiger partial charge in [-0.05, 0) is 12.8 Å². The molecule has 0 aromatic heterocycles. The number of rotatable bonds is 2. The monoisotopic (exact) mass is 302 g/mol. The van der Waals surface area contributed by atoms with Crippen molar-refractivity contribution in [2.24, 2.45) is 16.2 Å². The zero-order valence-electron chi connectivity index (χ0n) is 10.1. The molecule has 0 aliphatic heterocycles. The average Bonchev–Trinajstić information content (AvgIpc) is 2.61. The summed E-state index contributed by atoms with van der Waals surface area (Å²) in [5.74, 6) is -1.56. The van der Waals surface area contributed by atoms with Crippen molar-refractivity contribution in [2.45, 2.75) is 26.7 Å². The Morgan fingerprint density at radius 1 is 1.29 bits per heavy atom. The minimum Gasteiger partial charge on any atom is -0.468 e. The van der Waals surface area contributed by atoms with Gasteiger partial charge in [0.25, 0.3) is 0 Å². The number of carbonyl (C=O) groups is 3. The highest BCUT2D eigenvalue weighted by Crippen LogP contribution is 2.69. The van der Waals surface area contributed by atoms with E-state index in [-0.39, 0.29) is 0 Å². The zero-order valence-corrected chi connectivity index (χ0v) is 11.7. The van der Waals surface area contributed by atoms with Gasteiger partial charge >= 0.3 is 5.97 Å². The number of ketones is 2. The van der Waals surface area contributed by atoms with Gasteiger partial charge < -0.3 is 4.74 Å². The Morgan fingerprint density at radius 3 is 2.29 bits per heavy atom. The van der Waals surface area contributed by atoms with E-state index in [2.05, 4.69) is 15.9 Å². The highest BCUT2D eigenvalue weighted by Gasteiger charge is 2.79. The van der Waals surface area contributed by atoms with Crippen LogP contribution in [-0.2, 0) is 19.1 Å². The first-order valence-corrected chi connectivity index (χ1v) is 6.67. The van der Waals surface area contributed by atoms with Crippen molar-refractivity contribution >= 4 is 33.5 Å². The molecule has 2 aliphatic carbocycles. The van der Waals surface area contributed by atoms with E-state index >= 15 is 0 Å². The Balaban J connectivity index is 2.68. The second-order valence-electron chi connectivity index (χ2n) is 5.40. The molecule has 94 valence electrons. The Morgan fingerprint density at radius 2 is 1.88 bits per heavy atom. The summed E-state index contributed by atoms with van der Waals surface area (Å²) in [5.41, 5.74) is -2.71. The minimum atomic E-state index is -1.27. The van der Waals surface area contributed by atoms with Crippen LogP contribution in [0.4, 0.5) is 0 Å². The van der Waals surface area contributed by atoms with Crippen LogP contribution in [0.15, 0.2) is 0 Å². The highest BCUT2D eigenvalue weighted by molar-refractivity contribution is 9.09. The van der Waals surface area contributed by atoms with Crippen LogP contribution in [0.2, 0.25) is 0 Å². The lowest BCUT2D eigenvalue weighted by Crippen LogP contribution is -2.45. The Labute approximate surface area is 108 Å². The molecule has 0 aromatic rings. The molecule has 2 fully saturated rings. The molecule has 0 amide bonds. The maximum absolute atomic E-state index is 12.2. The van der Waals surface area contributed by atoms with Crippen molar-refractivity contribution in [1.29, 1.82) is 0 Å². The summed E-state index contributed by atoms with van der Waals surface area (Å²) >= 11 is 3.33. The van der Waals surface area contributed by atoms with E-state index < -0.39 is 33.8 Å². The summed E-state index contributed by atoms with van der Waals surface area (Å²) in [4.78, 5) is 36.4. The summed E-state index contributed by atoms with van der Waals surface area (Å²) in [5, 5.41) is 0.413. The molecule has 2 atom stereocenters. The van der Waals surface area contributed by atoms with E-state index in [0.29, 0.717) is 18.2 Å². The SMILES string of the molecule is COC(=O)C12CCC(CBr)(C(=O)C1=O)C2(C)C. The van der Waals surface area contributed by atoms with Crippen LogP contribution in [0.3, 0.4) is 0 Å². The number of halogens is 1. The van der Waals surface area contributed by atoms with E-state index in [1.54, 1.807) is 0 Å². The fourth-order valence-corrected chi connectivity index (χ4v) is 4.79. The standard InChI is InChI=1S/C12H15BrO4/c1-10(2)11(6-13)4-5-12(10,9(16)17-3)8(15)7(11)14/h4-6H2,1-3H3. The van der Waals surface area contributed by atoms with Crippen molar-refractivity contribution < 1.29 is 19.1 Å². The second kappa shape index (κ2) is 3.40. The lowest BCUT2D eigenvalue weighted by atomic mass is 9.65. The van der Waals surface area contributed by atoms with Crippen molar-refractivity contribution in [2.75, 3.05) is 12.4 Å². The molecule has 2 unspecified atom stereocenters.